The lowest BCUT2D eigenvalue weighted by atomic mass is 9.88. The van der Waals surface area contributed by atoms with Crippen LogP contribution in [-0.4, -0.2) is 43.8 Å². The van der Waals surface area contributed by atoms with E-state index in [9.17, 15) is 4.79 Å². The number of thioether (sulfide) groups is 1. The Balaban J connectivity index is 1.40. The first-order valence-corrected chi connectivity index (χ1v) is 12.1. The Morgan fingerprint density at radius 1 is 1.11 bits per heavy atom. The van der Waals surface area contributed by atoms with Gasteiger partial charge in [-0.2, -0.15) is 0 Å². The molecule has 0 atom stereocenters. The van der Waals surface area contributed by atoms with Gasteiger partial charge in [0.25, 0.3) is 0 Å². The predicted molar refractivity (Wildman–Crippen MR) is 111 cm³/mol. The van der Waals surface area contributed by atoms with Crippen LogP contribution in [0.25, 0.3) is 10.7 Å². The topological polar surface area (TPSA) is 61.9 Å². The molecule has 5 nitrogen and oxygen atoms in total. The molecule has 0 saturated heterocycles. The number of nitrogens with zero attached hydrogens (tertiary/aromatic N) is 3. The van der Waals surface area contributed by atoms with Crippen LogP contribution < -0.4 is 0 Å². The Morgan fingerprint density at radius 2 is 1.78 bits per heavy atom. The van der Waals surface area contributed by atoms with E-state index in [4.69, 9.17) is 0 Å². The molecule has 0 unspecified atom stereocenters. The summed E-state index contributed by atoms with van der Waals surface area (Å²) in [6.07, 6.45) is 12.4. The van der Waals surface area contributed by atoms with Crippen molar-refractivity contribution in [3.8, 4) is 10.7 Å². The molecule has 0 aromatic carbocycles. The van der Waals surface area contributed by atoms with E-state index in [1.54, 1.807) is 11.3 Å². The summed E-state index contributed by atoms with van der Waals surface area (Å²) in [5.74, 6) is 1.51. The molecule has 1 N–H and O–H groups in total. The molecule has 2 aromatic rings. The lowest BCUT2D eigenvalue weighted by Crippen LogP contribution is -2.49. The zero-order valence-electron chi connectivity index (χ0n) is 15.7. The third-order valence-electron chi connectivity index (χ3n) is 5.77. The number of rotatable bonds is 6. The standard InChI is InChI=1S/C20H28N4OS2/c25-18(14-27-20-21-19(22-23-20)17-12-7-13-26-17)24(15-8-3-1-4-9-15)16-10-5-2-6-11-16/h7,12-13,15-16H,1-6,8-11,14H2,(H,21,22,23). The van der Waals surface area contributed by atoms with Crippen LogP contribution in [0.5, 0.6) is 0 Å². The van der Waals surface area contributed by atoms with Crippen molar-refractivity contribution in [2.75, 3.05) is 5.75 Å². The van der Waals surface area contributed by atoms with Gasteiger partial charge in [-0.15, -0.1) is 16.4 Å². The van der Waals surface area contributed by atoms with Gasteiger partial charge in [-0.1, -0.05) is 56.4 Å². The molecule has 0 spiro atoms. The first-order chi connectivity index (χ1) is 13.3. The highest BCUT2D eigenvalue weighted by atomic mass is 32.2. The fourth-order valence-corrected chi connectivity index (χ4v) is 5.79. The predicted octanol–water partition coefficient (Wildman–Crippen LogP) is 5.12. The second-order valence-electron chi connectivity index (χ2n) is 7.62. The van der Waals surface area contributed by atoms with Crippen LogP contribution in [0.4, 0.5) is 0 Å². The van der Waals surface area contributed by atoms with Gasteiger partial charge in [0.2, 0.25) is 11.1 Å². The molecule has 7 heteroatoms. The second-order valence-corrected chi connectivity index (χ2v) is 9.51. The number of aromatic nitrogens is 3. The number of thiophene rings is 1. The maximum atomic E-state index is 13.2. The largest absolute Gasteiger partial charge is 0.336 e. The molecule has 2 aromatic heterocycles. The summed E-state index contributed by atoms with van der Waals surface area (Å²) in [6, 6.07) is 4.93. The highest BCUT2D eigenvalue weighted by molar-refractivity contribution is 7.99. The highest BCUT2D eigenvalue weighted by Crippen LogP contribution is 2.31. The summed E-state index contributed by atoms with van der Waals surface area (Å²) in [7, 11) is 0. The Kier molecular flexibility index (Phi) is 6.50. The summed E-state index contributed by atoms with van der Waals surface area (Å²) in [6.45, 7) is 0. The van der Waals surface area contributed by atoms with Crippen molar-refractivity contribution < 1.29 is 4.79 Å². The van der Waals surface area contributed by atoms with Crippen LogP contribution >= 0.6 is 23.1 Å². The first-order valence-electron chi connectivity index (χ1n) is 10.2. The fourth-order valence-electron chi connectivity index (χ4n) is 4.46. The van der Waals surface area contributed by atoms with E-state index in [1.807, 2.05) is 17.5 Å². The highest BCUT2D eigenvalue weighted by Gasteiger charge is 2.32. The molecule has 146 valence electrons. The maximum absolute atomic E-state index is 13.2. The van der Waals surface area contributed by atoms with Gasteiger partial charge in [0.1, 0.15) is 0 Å². The molecule has 2 fully saturated rings. The maximum Gasteiger partial charge on any atom is 0.233 e. The molecule has 4 rings (SSSR count). The number of H-pyrrole nitrogens is 1. The Morgan fingerprint density at radius 3 is 2.37 bits per heavy atom. The average molecular weight is 405 g/mol. The van der Waals surface area contributed by atoms with Gasteiger partial charge < -0.3 is 4.90 Å². The van der Waals surface area contributed by atoms with Crippen molar-refractivity contribution in [2.45, 2.75) is 81.4 Å². The zero-order valence-corrected chi connectivity index (χ0v) is 17.4. The number of amides is 1. The number of carbonyl (C=O) groups is 1. The van der Waals surface area contributed by atoms with Gasteiger partial charge in [-0.05, 0) is 37.1 Å². The number of aromatic amines is 1. The van der Waals surface area contributed by atoms with E-state index in [0.717, 1.165) is 10.7 Å². The molecule has 2 aliphatic carbocycles. The van der Waals surface area contributed by atoms with Crippen molar-refractivity contribution in [1.82, 2.24) is 20.1 Å². The molecular weight excluding hydrogens is 376 g/mol. The van der Waals surface area contributed by atoms with E-state index in [2.05, 4.69) is 20.1 Å². The molecular formula is C20H28N4OS2. The number of hydrogen-bond acceptors (Lipinski definition) is 5. The lowest BCUT2D eigenvalue weighted by Gasteiger charge is -2.41. The summed E-state index contributed by atoms with van der Waals surface area (Å²) in [4.78, 5) is 21.1. The minimum absolute atomic E-state index is 0.279. The van der Waals surface area contributed by atoms with Crippen molar-refractivity contribution >= 4 is 29.0 Å². The van der Waals surface area contributed by atoms with Gasteiger partial charge in [-0.25, -0.2) is 4.98 Å². The van der Waals surface area contributed by atoms with Gasteiger partial charge in [0.15, 0.2) is 5.82 Å². The van der Waals surface area contributed by atoms with Crippen LogP contribution in [0, 0.1) is 0 Å². The Hall–Kier alpha value is -1.34. The minimum Gasteiger partial charge on any atom is -0.336 e. The van der Waals surface area contributed by atoms with Crippen LogP contribution in [-0.2, 0) is 4.79 Å². The molecule has 0 bridgehead atoms. The summed E-state index contributed by atoms with van der Waals surface area (Å²) in [5, 5.41) is 9.98. The average Bonchev–Trinajstić information content (AvgIpc) is 3.40. The van der Waals surface area contributed by atoms with Crippen molar-refractivity contribution in [2.24, 2.45) is 0 Å². The number of hydrogen-bond donors (Lipinski definition) is 1. The fraction of sp³-hybridized carbons (Fsp3) is 0.650. The third kappa shape index (κ3) is 4.74. The monoisotopic (exact) mass is 404 g/mol. The summed E-state index contributed by atoms with van der Waals surface area (Å²) >= 11 is 3.10. The van der Waals surface area contributed by atoms with E-state index in [-0.39, 0.29) is 5.91 Å². The number of carbonyl (C=O) groups excluding carboxylic acids is 1. The van der Waals surface area contributed by atoms with Crippen molar-refractivity contribution in [1.29, 1.82) is 0 Å². The molecule has 27 heavy (non-hydrogen) atoms. The summed E-state index contributed by atoms with van der Waals surface area (Å²) < 4.78 is 0. The smallest absolute Gasteiger partial charge is 0.233 e. The quantitative estimate of drug-likeness (QED) is 0.679. The normalized spacial score (nSPS) is 19.3. The van der Waals surface area contributed by atoms with Gasteiger partial charge in [0, 0.05) is 12.1 Å². The van der Waals surface area contributed by atoms with Gasteiger partial charge in [0.05, 0.1) is 10.6 Å². The molecule has 0 radical (unpaired) electrons. The van der Waals surface area contributed by atoms with E-state index in [1.165, 1.54) is 76.0 Å². The van der Waals surface area contributed by atoms with E-state index >= 15 is 0 Å². The molecule has 2 heterocycles. The van der Waals surface area contributed by atoms with Crippen LogP contribution in [0.3, 0.4) is 0 Å². The molecule has 2 aliphatic rings. The van der Waals surface area contributed by atoms with E-state index < -0.39 is 0 Å². The van der Waals surface area contributed by atoms with E-state index in [0.29, 0.717) is 23.0 Å². The minimum atomic E-state index is 0.279. The molecule has 1 amide bonds. The zero-order chi connectivity index (χ0) is 18.5. The molecule has 0 aliphatic heterocycles. The SMILES string of the molecule is O=C(CSc1n[nH]c(-c2cccs2)n1)N(C1CCCCC1)C1CCCCC1. The van der Waals surface area contributed by atoms with Crippen LogP contribution in [0.2, 0.25) is 0 Å². The first kappa shape index (κ1) is 19.0. The summed E-state index contributed by atoms with van der Waals surface area (Å²) in [5.41, 5.74) is 0. The lowest BCUT2D eigenvalue weighted by molar-refractivity contribution is -0.135. The van der Waals surface area contributed by atoms with Crippen LogP contribution in [0.15, 0.2) is 22.7 Å². The van der Waals surface area contributed by atoms with Gasteiger partial charge in [-0.3, -0.25) is 9.89 Å². The number of nitrogens with one attached hydrogen (secondary N) is 1. The molecule has 2 saturated carbocycles. The van der Waals surface area contributed by atoms with Crippen molar-refractivity contribution in [3.05, 3.63) is 17.5 Å². The van der Waals surface area contributed by atoms with Gasteiger partial charge >= 0.3 is 0 Å². The third-order valence-corrected chi connectivity index (χ3v) is 7.48. The van der Waals surface area contributed by atoms with Crippen molar-refractivity contribution in [3.63, 3.8) is 0 Å². The second kappa shape index (κ2) is 9.24. The van der Waals surface area contributed by atoms with Crippen LogP contribution in [0.1, 0.15) is 64.2 Å². The Labute approximate surface area is 169 Å². The Bertz CT molecular complexity index is 700.